The molecule has 0 radical (unpaired) electrons. The zero-order valence-corrected chi connectivity index (χ0v) is 17.8. The van der Waals surface area contributed by atoms with Gasteiger partial charge in [-0.2, -0.15) is 0 Å². The summed E-state index contributed by atoms with van der Waals surface area (Å²) >= 11 is 0. The third-order valence-corrected chi connectivity index (χ3v) is 4.99. The van der Waals surface area contributed by atoms with E-state index >= 15 is 0 Å². The van der Waals surface area contributed by atoms with Crippen molar-refractivity contribution in [2.45, 2.75) is 38.5 Å². The fourth-order valence-electron chi connectivity index (χ4n) is 2.45. The van der Waals surface area contributed by atoms with Gasteiger partial charge < -0.3 is 16.0 Å². The molecule has 1 rings (SSSR count). The number of nitrogens with one attached hydrogen (secondary N) is 3. The highest BCUT2D eigenvalue weighted by molar-refractivity contribution is 7.90. The molecule has 0 saturated heterocycles. The number of sulfone groups is 1. The first-order valence-corrected chi connectivity index (χ1v) is 11.3. The third kappa shape index (κ3) is 8.55. The highest BCUT2D eigenvalue weighted by atomic mass is 32.2. The zero-order valence-electron chi connectivity index (χ0n) is 17.0. The smallest absolute Gasteiger partial charge is 0.293 e. The Labute approximate surface area is 167 Å². The minimum absolute atomic E-state index is 0.0779. The maximum absolute atomic E-state index is 11.6. The molecule has 0 aliphatic heterocycles. The van der Waals surface area contributed by atoms with Crippen molar-refractivity contribution in [1.29, 1.82) is 0 Å². The molecule has 0 bridgehead atoms. The molecule has 10 heteroatoms. The maximum atomic E-state index is 11.6. The van der Waals surface area contributed by atoms with Gasteiger partial charge in [-0.1, -0.05) is 13.8 Å². The van der Waals surface area contributed by atoms with Crippen LogP contribution >= 0.6 is 0 Å². The van der Waals surface area contributed by atoms with Crippen molar-refractivity contribution in [1.82, 2.24) is 10.6 Å². The SMILES string of the molecule is CCNC(=NCCCC(C)C)NCCNc1ccc(S(C)(=O)=O)cc1[N+](=O)[O-]. The molecule has 1 aromatic rings. The molecule has 0 heterocycles. The quantitative estimate of drug-likeness (QED) is 0.167. The lowest BCUT2D eigenvalue weighted by molar-refractivity contribution is -0.384. The van der Waals surface area contributed by atoms with E-state index in [9.17, 15) is 18.5 Å². The van der Waals surface area contributed by atoms with Crippen LogP contribution in [0.5, 0.6) is 0 Å². The van der Waals surface area contributed by atoms with Crippen molar-refractivity contribution in [2.24, 2.45) is 10.9 Å². The Morgan fingerprint density at radius 2 is 1.96 bits per heavy atom. The molecule has 0 spiro atoms. The summed E-state index contributed by atoms with van der Waals surface area (Å²) in [5, 5.41) is 20.6. The average Bonchev–Trinajstić information content (AvgIpc) is 2.61. The van der Waals surface area contributed by atoms with Gasteiger partial charge in [-0.3, -0.25) is 15.1 Å². The fraction of sp³-hybridized carbons (Fsp3) is 0.611. The number of nitro benzene ring substituents is 1. The summed E-state index contributed by atoms with van der Waals surface area (Å²) in [4.78, 5) is 15.1. The molecule has 0 unspecified atom stereocenters. The van der Waals surface area contributed by atoms with E-state index in [1.807, 2.05) is 6.92 Å². The molecular weight excluding hydrogens is 382 g/mol. The van der Waals surface area contributed by atoms with E-state index in [2.05, 4.69) is 34.8 Å². The number of nitro groups is 1. The average molecular weight is 414 g/mol. The van der Waals surface area contributed by atoms with Gasteiger partial charge in [-0.05, 0) is 37.8 Å². The predicted octanol–water partition coefficient (Wildman–Crippen LogP) is 2.40. The van der Waals surface area contributed by atoms with Gasteiger partial charge in [-0.15, -0.1) is 0 Å². The Kier molecular flexibility index (Phi) is 9.70. The van der Waals surface area contributed by atoms with Gasteiger partial charge in [0.15, 0.2) is 15.8 Å². The van der Waals surface area contributed by atoms with Crippen LogP contribution in [0.4, 0.5) is 11.4 Å². The summed E-state index contributed by atoms with van der Waals surface area (Å²) in [6.07, 6.45) is 3.16. The Morgan fingerprint density at radius 1 is 1.25 bits per heavy atom. The van der Waals surface area contributed by atoms with Crippen LogP contribution in [-0.2, 0) is 9.84 Å². The number of hydrogen-bond donors (Lipinski definition) is 3. The Balaban J connectivity index is 2.63. The number of rotatable bonds is 11. The van der Waals surface area contributed by atoms with E-state index in [1.165, 1.54) is 12.1 Å². The van der Waals surface area contributed by atoms with E-state index in [1.54, 1.807) is 0 Å². The summed E-state index contributed by atoms with van der Waals surface area (Å²) in [5.74, 6) is 1.36. The molecular formula is C18H31N5O4S. The first-order chi connectivity index (χ1) is 13.1. The third-order valence-electron chi connectivity index (χ3n) is 3.88. The Morgan fingerprint density at radius 3 is 2.54 bits per heavy atom. The summed E-state index contributed by atoms with van der Waals surface area (Å²) in [5.41, 5.74) is 0.00950. The van der Waals surface area contributed by atoms with E-state index in [-0.39, 0.29) is 16.3 Å². The van der Waals surface area contributed by atoms with Gasteiger partial charge in [0.25, 0.3) is 5.69 Å². The van der Waals surface area contributed by atoms with Crippen LogP contribution in [0.15, 0.2) is 28.1 Å². The number of nitrogens with zero attached hydrogens (tertiary/aromatic N) is 2. The van der Waals surface area contributed by atoms with Crippen LogP contribution < -0.4 is 16.0 Å². The first-order valence-electron chi connectivity index (χ1n) is 9.39. The largest absolute Gasteiger partial charge is 0.378 e. The summed E-state index contributed by atoms with van der Waals surface area (Å²) < 4.78 is 23.2. The summed E-state index contributed by atoms with van der Waals surface area (Å²) in [7, 11) is -3.50. The van der Waals surface area contributed by atoms with Crippen LogP contribution in [-0.4, -0.2) is 51.7 Å². The number of anilines is 1. The van der Waals surface area contributed by atoms with Crippen molar-refractivity contribution in [3.8, 4) is 0 Å². The summed E-state index contributed by atoms with van der Waals surface area (Å²) in [6, 6.07) is 3.85. The first kappa shape index (κ1) is 23.7. The zero-order chi connectivity index (χ0) is 21.2. The second-order valence-electron chi connectivity index (χ2n) is 6.86. The van der Waals surface area contributed by atoms with E-state index in [0.29, 0.717) is 25.0 Å². The molecule has 158 valence electrons. The standard InChI is InChI=1S/C18H31N5O4S/c1-5-19-18(21-10-6-7-14(2)3)22-12-11-20-16-9-8-15(28(4,26)27)13-17(16)23(24)25/h8-9,13-14,20H,5-7,10-12H2,1-4H3,(H2,19,21,22). The van der Waals surface area contributed by atoms with Crippen molar-refractivity contribution in [2.75, 3.05) is 37.8 Å². The van der Waals surface area contributed by atoms with Crippen LogP contribution in [0.2, 0.25) is 0 Å². The van der Waals surface area contributed by atoms with Crippen LogP contribution in [0.25, 0.3) is 0 Å². The monoisotopic (exact) mass is 413 g/mol. The molecule has 0 fully saturated rings. The van der Waals surface area contributed by atoms with Crippen LogP contribution in [0, 0.1) is 16.0 Å². The van der Waals surface area contributed by atoms with Gasteiger partial charge in [0.05, 0.1) is 9.82 Å². The molecule has 9 nitrogen and oxygen atoms in total. The van der Waals surface area contributed by atoms with E-state index < -0.39 is 14.8 Å². The topological polar surface area (TPSA) is 126 Å². The molecule has 0 saturated carbocycles. The minimum atomic E-state index is -3.50. The number of aliphatic imine (C=N–C) groups is 1. The molecule has 1 aromatic carbocycles. The molecule has 0 aliphatic rings. The number of guanidine groups is 1. The molecule has 0 atom stereocenters. The summed E-state index contributed by atoms with van der Waals surface area (Å²) in [6.45, 7) is 8.73. The van der Waals surface area contributed by atoms with Crippen molar-refractivity contribution in [3.05, 3.63) is 28.3 Å². The molecule has 0 aliphatic carbocycles. The van der Waals surface area contributed by atoms with Gasteiger partial charge in [0.2, 0.25) is 0 Å². The molecule has 0 aromatic heterocycles. The Hall–Kier alpha value is -2.36. The van der Waals surface area contributed by atoms with E-state index in [0.717, 1.165) is 38.3 Å². The number of benzene rings is 1. The van der Waals surface area contributed by atoms with Crippen LogP contribution in [0.1, 0.15) is 33.6 Å². The normalized spacial score (nSPS) is 12.1. The second-order valence-corrected chi connectivity index (χ2v) is 8.87. The Bertz CT molecular complexity index is 778. The molecule has 3 N–H and O–H groups in total. The lowest BCUT2D eigenvalue weighted by Gasteiger charge is -2.13. The van der Waals surface area contributed by atoms with Crippen LogP contribution in [0.3, 0.4) is 0 Å². The lowest BCUT2D eigenvalue weighted by Crippen LogP contribution is -2.39. The molecule has 28 heavy (non-hydrogen) atoms. The number of hydrogen-bond acceptors (Lipinski definition) is 6. The van der Waals surface area contributed by atoms with Gasteiger partial charge in [0.1, 0.15) is 5.69 Å². The lowest BCUT2D eigenvalue weighted by atomic mass is 10.1. The molecule has 0 amide bonds. The van der Waals surface area contributed by atoms with Gasteiger partial charge in [-0.25, -0.2) is 8.42 Å². The maximum Gasteiger partial charge on any atom is 0.293 e. The highest BCUT2D eigenvalue weighted by Gasteiger charge is 2.18. The van der Waals surface area contributed by atoms with E-state index in [4.69, 9.17) is 0 Å². The van der Waals surface area contributed by atoms with Crippen molar-refractivity contribution < 1.29 is 13.3 Å². The van der Waals surface area contributed by atoms with Gasteiger partial charge in [0, 0.05) is 38.5 Å². The predicted molar refractivity (Wildman–Crippen MR) is 113 cm³/mol. The second kappa shape index (κ2) is 11.5. The van der Waals surface area contributed by atoms with Gasteiger partial charge >= 0.3 is 0 Å². The fourth-order valence-corrected chi connectivity index (χ4v) is 3.09. The highest BCUT2D eigenvalue weighted by Crippen LogP contribution is 2.27. The van der Waals surface area contributed by atoms with Crippen molar-refractivity contribution >= 4 is 27.2 Å². The minimum Gasteiger partial charge on any atom is -0.378 e. The van der Waals surface area contributed by atoms with Crippen molar-refractivity contribution in [3.63, 3.8) is 0 Å².